The lowest BCUT2D eigenvalue weighted by atomic mass is 9.77. The number of hydrogen-bond acceptors (Lipinski definition) is 2. The zero-order valence-corrected chi connectivity index (χ0v) is 23.5. The van der Waals surface area contributed by atoms with Gasteiger partial charge in [0.2, 0.25) is 0 Å². The maximum absolute atomic E-state index is 15.2. The highest BCUT2D eigenvalue weighted by Gasteiger charge is 2.44. The van der Waals surface area contributed by atoms with E-state index in [1.54, 1.807) is 24.3 Å². The molecule has 2 aliphatic carbocycles. The second-order valence-corrected chi connectivity index (χ2v) is 11.8. The minimum absolute atomic E-state index is 0.0212. The fraction of sp³-hybridized carbons (Fsp3) is 0.455. The van der Waals surface area contributed by atoms with E-state index < -0.39 is 47.3 Å². The number of rotatable bonds is 7. The Morgan fingerprint density at radius 2 is 1.30 bits per heavy atom. The SMILES string of the molecule is CC1CCC(c2ccc(-c3ccc(C4CCC(C(F)(F)Oc5ccc(OC(F)(F)F)c(F)c5)CC4)c(F)c3)c(F)c2)CC1. The van der Waals surface area contributed by atoms with Crippen LogP contribution in [0.3, 0.4) is 0 Å². The summed E-state index contributed by atoms with van der Waals surface area (Å²) in [5, 5.41) is 0. The molecule has 2 nitrogen and oxygen atoms in total. The van der Waals surface area contributed by atoms with Gasteiger partial charge in [-0.05, 0) is 97.2 Å². The summed E-state index contributed by atoms with van der Waals surface area (Å²) in [7, 11) is 0. The van der Waals surface area contributed by atoms with E-state index in [4.69, 9.17) is 0 Å². The van der Waals surface area contributed by atoms with Gasteiger partial charge in [0.1, 0.15) is 17.4 Å². The fourth-order valence-corrected chi connectivity index (χ4v) is 6.37. The first-order chi connectivity index (χ1) is 20.3. The predicted octanol–water partition coefficient (Wildman–Crippen LogP) is 10.9. The Morgan fingerprint density at radius 3 is 1.91 bits per heavy atom. The van der Waals surface area contributed by atoms with Crippen molar-refractivity contribution in [3.8, 4) is 22.6 Å². The molecule has 3 aromatic rings. The van der Waals surface area contributed by atoms with E-state index in [0.29, 0.717) is 40.7 Å². The summed E-state index contributed by atoms with van der Waals surface area (Å²) in [4.78, 5) is 0. The molecular weight excluding hydrogens is 580 g/mol. The van der Waals surface area contributed by atoms with Crippen LogP contribution in [0.4, 0.5) is 35.1 Å². The number of alkyl halides is 5. The zero-order chi connectivity index (χ0) is 30.9. The average molecular weight is 613 g/mol. The van der Waals surface area contributed by atoms with Gasteiger partial charge in [-0.25, -0.2) is 13.2 Å². The Labute approximate surface area is 245 Å². The van der Waals surface area contributed by atoms with Crippen molar-refractivity contribution in [3.63, 3.8) is 0 Å². The molecule has 0 aliphatic heterocycles. The fourth-order valence-electron chi connectivity index (χ4n) is 6.37. The summed E-state index contributed by atoms with van der Waals surface area (Å²) in [5.41, 5.74) is 2.02. The van der Waals surface area contributed by atoms with E-state index in [1.807, 2.05) is 6.07 Å². The second-order valence-electron chi connectivity index (χ2n) is 11.8. The third-order valence-corrected chi connectivity index (χ3v) is 8.82. The van der Waals surface area contributed by atoms with Crippen molar-refractivity contribution < 1.29 is 44.6 Å². The molecule has 0 radical (unpaired) electrons. The summed E-state index contributed by atoms with van der Waals surface area (Å²) in [5.74, 6) is -4.84. The topological polar surface area (TPSA) is 18.5 Å². The van der Waals surface area contributed by atoms with Crippen LogP contribution >= 0.6 is 0 Å². The van der Waals surface area contributed by atoms with Gasteiger partial charge < -0.3 is 9.47 Å². The highest BCUT2D eigenvalue weighted by Crippen LogP contribution is 2.45. The molecule has 232 valence electrons. The van der Waals surface area contributed by atoms with Gasteiger partial charge in [0.05, 0.1) is 5.92 Å². The highest BCUT2D eigenvalue weighted by molar-refractivity contribution is 5.65. The lowest BCUT2D eigenvalue weighted by Crippen LogP contribution is -2.37. The van der Waals surface area contributed by atoms with E-state index in [9.17, 15) is 26.3 Å². The van der Waals surface area contributed by atoms with Gasteiger partial charge >= 0.3 is 12.5 Å². The van der Waals surface area contributed by atoms with Gasteiger partial charge in [-0.15, -0.1) is 13.2 Å². The number of benzene rings is 3. The predicted molar refractivity (Wildman–Crippen MR) is 146 cm³/mol. The van der Waals surface area contributed by atoms with Gasteiger partial charge in [-0.2, -0.15) is 8.78 Å². The number of halogens is 8. The Morgan fingerprint density at radius 1 is 0.628 bits per heavy atom. The van der Waals surface area contributed by atoms with Crippen molar-refractivity contribution in [2.24, 2.45) is 11.8 Å². The van der Waals surface area contributed by atoms with Gasteiger partial charge in [0, 0.05) is 11.6 Å². The molecule has 0 spiro atoms. The lowest BCUT2D eigenvalue weighted by Gasteiger charge is -2.33. The molecule has 0 N–H and O–H groups in total. The molecule has 5 rings (SSSR count). The molecule has 0 amide bonds. The molecule has 43 heavy (non-hydrogen) atoms. The highest BCUT2D eigenvalue weighted by atomic mass is 19.4. The summed E-state index contributed by atoms with van der Waals surface area (Å²) in [6, 6.07) is 11.4. The second kappa shape index (κ2) is 12.4. The van der Waals surface area contributed by atoms with Crippen molar-refractivity contribution in [2.75, 3.05) is 0 Å². The molecule has 0 bridgehead atoms. The van der Waals surface area contributed by atoms with E-state index >= 15 is 8.78 Å². The molecule has 0 atom stereocenters. The van der Waals surface area contributed by atoms with Crippen molar-refractivity contribution in [1.29, 1.82) is 0 Å². The number of hydrogen-bond donors (Lipinski definition) is 0. The smallest absolute Gasteiger partial charge is 0.432 e. The van der Waals surface area contributed by atoms with Crippen molar-refractivity contribution >= 4 is 0 Å². The van der Waals surface area contributed by atoms with Gasteiger partial charge in [0.25, 0.3) is 0 Å². The largest absolute Gasteiger partial charge is 0.573 e. The number of ether oxygens (including phenoxy) is 2. The van der Waals surface area contributed by atoms with Gasteiger partial charge in [0.15, 0.2) is 11.6 Å². The standard InChI is InChI=1S/C33H32F8O2/c1-19-2-4-20(5-3-19)22-8-13-27(28(34)16-22)23-9-14-26(29(35)17-23)21-6-10-24(11-7-21)32(37,38)42-25-12-15-31(30(36)18-25)43-33(39,40)41/h8-9,12-21,24H,2-7,10-11H2,1H3. The van der Waals surface area contributed by atoms with Crippen molar-refractivity contribution in [3.05, 3.63) is 83.2 Å². The van der Waals surface area contributed by atoms with E-state index in [2.05, 4.69) is 16.4 Å². The van der Waals surface area contributed by atoms with E-state index in [-0.39, 0.29) is 31.6 Å². The van der Waals surface area contributed by atoms with Crippen LogP contribution < -0.4 is 9.47 Å². The summed E-state index contributed by atoms with van der Waals surface area (Å²) >= 11 is 0. The summed E-state index contributed by atoms with van der Waals surface area (Å²) in [6.45, 7) is 2.23. The molecular formula is C33H32F8O2. The summed E-state index contributed by atoms with van der Waals surface area (Å²) in [6.07, 6.45) is -4.17. The third kappa shape index (κ3) is 7.44. The molecule has 2 aliphatic rings. The molecule has 0 saturated heterocycles. The van der Waals surface area contributed by atoms with Crippen LogP contribution in [0.15, 0.2) is 54.6 Å². The maximum atomic E-state index is 15.2. The molecule has 3 aromatic carbocycles. The van der Waals surface area contributed by atoms with Gasteiger partial charge in [-0.1, -0.05) is 44.0 Å². The first kappa shape index (κ1) is 31.1. The molecule has 0 aromatic heterocycles. The zero-order valence-electron chi connectivity index (χ0n) is 23.5. The first-order valence-corrected chi connectivity index (χ1v) is 14.5. The van der Waals surface area contributed by atoms with Gasteiger partial charge in [-0.3, -0.25) is 0 Å². The minimum Gasteiger partial charge on any atom is -0.432 e. The Balaban J connectivity index is 1.20. The molecule has 2 fully saturated rings. The van der Waals surface area contributed by atoms with Crippen LogP contribution in [0.1, 0.15) is 81.3 Å². The van der Waals surface area contributed by atoms with E-state index in [0.717, 1.165) is 37.3 Å². The molecule has 2 saturated carbocycles. The molecule has 0 unspecified atom stereocenters. The monoisotopic (exact) mass is 612 g/mol. The van der Waals surface area contributed by atoms with Crippen LogP contribution in [-0.4, -0.2) is 12.5 Å². The van der Waals surface area contributed by atoms with Crippen LogP contribution in [0.5, 0.6) is 11.5 Å². The molecule has 10 heteroatoms. The Bertz CT molecular complexity index is 1420. The minimum atomic E-state index is -5.14. The first-order valence-electron chi connectivity index (χ1n) is 14.5. The lowest BCUT2D eigenvalue weighted by molar-refractivity contribution is -0.275. The Hall–Kier alpha value is -3.30. The summed E-state index contributed by atoms with van der Waals surface area (Å²) < 4.78 is 119. The maximum Gasteiger partial charge on any atom is 0.573 e. The normalized spacial score (nSPS) is 23.2. The molecule has 0 heterocycles. The quantitative estimate of drug-likeness (QED) is 0.247. The van der Waals surface area contributed by atoms with Crippen molar-refractivity contribution in [1.82, 2.24) is 0 Å². The average Bonchev–Trinajstić information content (AvgIpc) is 2.94. The van der Waals surface area contributed by atoms with Crippen LogP contribution in [0, 0.1) is 29.3 Å². The van der Waals surface area contributed by atoms with Crippen LogP contribution in [-0.2, 0) is 0 Å². The van der Waals surface area contributed by atoms with Crippen LogP contribution in [0.2, 0.25) is 0 Å². The third-order valence-electron chi connectivity index (χ3n) is 8.82. The Kier molecular flexibility index (Phi) is 8.95. The van der Waals surface area contributed by atoms with E-state index in [1.165, 1.54) is 6.07 Å². The van der Waals surface area contributed by atoms with Crippen LogP contribution in [0.25, 0.3) is 11.1 Å². The van der Waals surface area contributed by atoms with Crippen molar-refractivity contribution in [2.45, 2.75) is 82.6 Å².